The van der Waals surface area contributed by atoms with Crippen molar-refractivity contribution in [3.8, 4) is 0 Å². The van der Waals surface area contributed by atoms with E-state index in [4.69, 9.17) is 0 Å². The van der Waals surface area contributed by atoms with Crippen LogP contribution in [0.3, 0.4) is 0 Å². The number of pyridine rings is 1. The molecule has 0 aromatic carbocycles. The van der Waals surface area contributed by atoms with E-state index in [0.717, 1.165) is 16.9 Å². The third kappa shape index (κ3) is 3.75. The minimum absolute atomic E-state index is 0.154. The van der Waals surface area contributed by atoms with Crippen LogP contribution in [-0.4, -0.2) is 15.9 Å². The van der Waals surface area contributed by atoms with Crippen molar-refractivity contribution in [3.63, 3.8) is 0 Å². The molecule has 14 heavy (non-hydrogen) atoms. The summed E-state index contributed by atoms with van der Waals surface area (Å²) in [7, 11) is 0. The Morgan fingerprint density at radius 3 is 3.07 bits per heavy atom. The van der Waals surface area contributed by atoms with Gasteiger partial charge in [-0.3, -0.25) is 9.78 Å². The molecule has 2 nitrogen and oxygen atoms in total. The Bertz CT molecular complexity index is 347. The van der Waals surface area contributed by atoms with Crippen LogP contribution >= 0.6 is 11.8 Å². The van der Waals surface area contributed by atoms with Crippen molar-refractivity contribution in [3.05, 3.63) is 35.7 Å². The lowest BCUT2D eigenvalue weighted by atomic mass is 10.1. The van der Waals surface area contributed by atoms with Gasteiger partial charge in [-0.25, -0.2) is 0 Å². The number of aromatic nitrogens is 1. The van der Waals surface area contributed by atoms with Crippen LogP contribution in [0.1, 0.15) is 18.1 Å². The van der Waals surface area contributed by atoms with Crippen molar-refractivity contribution in [2.24, 2.45) is 0 Å². The maximum absolute atomic E-state index is 10.6. The van der Waals surface area contributed by atoms with Gasteiger partial charge >= 0.3 is 0 Å². The Morgan fingerprint density at radius 2 is 2.43 bits per heavy atom. The largest absolute Gasteiger partial charge is 0.288 e. The van der Waals surface area contributed by atoms with Crippen LogP contribution in [0.2, 0.25) is 0 Å². The summed E-state index contributed by atoms with van der Waals surface area (Å²) < 4.78 is 0. The highest BCUT2D eigenvalue weighted by Gasteiger charge is 1.92. The Balaban J connectivity index is 2.52. The summed E-state index contributed by atoms with van der Waals surface area (Å²) in [4.78, 5) is 14.6. The van der Waals surface area contributed by atoms with Crippen LogP contribution < -0.4 is 0 Å². The first kappa shape index (κ1) is 11.0. The number of carbonyl (C=O) groups excluding carboxylic acids is 1. The molecule has 0 unspecified atom stereocenters. The normalized spacial score (nSPS) is 10.7. The second kappa shape index (κ2) is 5.60. The van der Waals surface area contributed by atoms with Gasteiger partial charge in [-0.2, -0.15) is 0 Å². The van der Waals surface area contributed by atoms with Gasteiger partial charge in [-0.05, 0) is 24.1 Å². The van der Waals surface area contributed by atoms with E-state index in [0.29, 0.717) is 0 Å². The van der Waals surface area contributed by atoms with Gasteiger partial charge in [-0.15, -0.1) is 0 Å². The zero-order valence-electron chi connectivity index (χ0n) is 8.36. The molecule has 0 saturated heterocycles. The van der Waals surface area contributed by atoms with Crippen LogP contribution in [0.15, 0.2) is 24.5 Å². The van der Waals surface area contributed by atoms with E-state index in [1.807, 2.05) is 31.3 Å². The van der Waals surface area contributed by atoms with Crippen LogP contribution in [0.4, 0.5) is 0 Å². The monoisotopic (exact) mass is 207 g/mol. The second-order valence-corrected chi connectivity index (χ2v) is 4.13. The van der Waals surface area contributed by atoms with Gasteiger partial charge in [-0.1, -0.05) is 23.9 Å². The predicted octanol–water partition coefficient (Wildman–Crippen LogP) is 2.68. The van der Waals surface area contributed by atoms with Gasteiger partial charge in [0.05, 0.1) is 0 Å². The summed E-state index contributed by atoms with van der Waals surface area (Å²) in [5.74, 6) is 0.733. The molecule has 0 aliphatic rings. The summed E-state index contributed by atoms with van der Waals surface area (Å²) >= 11 is 1.32. The lowest BCUT2D eigenvalue weighted by Crippen LogP contribution is -1.83. The molecule has 0 radical (unpaired) electrons. The fraction of sp³-hybridized carbons (Fsp3) is 0.273. The minimum atomic E-state index is 0.154. The standard InChI is InChI=1S/C11H13NOS/c1-9-8-12-6-5-11(9)4-3-7-14-10(2)13/h3-6,8H,7H2,1-2H3. The van der Waals surface area contributed by atoms with Crippen molar-refractivity contribution >= 4 is 23.0 Å². The van der Waals surface area contributed by atoms with Crippen LogP contribution in [-0.2, 0) is 4.79 Å². The molecule has 0 saturated carbocycles. The molecule has 0 bridgehead atoms. The topological polar surface area (TPSA) is 30.0 Å². The third-order valence-corrected chi connectivity index (χ3v) is 2.51. The number of nitrogens with zero attached hydrogens (tertiary/aromatic N) is 1. The lowest BCUT2D eigenvalue weighted by molar-refractivity contribution is -0.109. The maximum Gasteiger partial charge on any atom is 0.186 e. The van der Waals surface area contributed by atoms with Gasteiger partial charge in [0.15, 0.2) is 5.12 Å². The van der Waals surface area contributed by atoms with E-state index >= 15 is 0 Å². The molecule has 1 rings (SSSR count). The van der Waals surface area contributed by atoms with E-state index in [2.05, 4.69) is 4.98 Å². The summed E-state index contributed by atoms with van der Waals surface area (Å²) in [6.45, 7) is 3.60. The highest BCUT2D eigenvalue weighted by molar-refractivity contribution is 8.13. The van der Waals surface area contributed by atoms with Crippen LogP contribution in [0.25, 0.3) is 6.08 Å². The molecule has 0 atom stereocenters. The summed E-state index contributed by atoms with van der Waals surface area (Å²) in [6, 6.07) is 1.96. The highest BCUT2D eigenvalue weighted by Crippen LogP contribution is 2.08. The number of thioether (sulfide) groups is 1. The molecule has 1 heterocycles. The summed E-state index contributed by atoms with van der Waals surface area (Å²) in [6.07, 6.45) is 7.62. The van der Waals surface area contributed by atoms with Crippen LogP contribution in [0, 0.1) is 6.92 Å². The molecule has 0 spiro atoms. The first-order valence-corrected chi connectivity index (χ1v) is 5.39. The highest BCUT2D eigenvalue weighted by atomic mass is 32.2. The number of hydrogen-bond donors (Lipinski definition) is 0. The van der Waals surface area contributed by atoms with E-state index in [9.17, 15) is 4.79 Å². The summed E-state index contributed by atoms with van der Waals surface area (Å²) in [5.41, 5.74) is 2.31. The molecule has 74 valence electrons. The molecule has 0 aliphatic carbocycles. The van der Waals surface area contributed by atoms with Crippen molar-refractivity contribution in [1.82, 2.24) is 4.98 Å². The smallest absolute Gasteiger partial charge is 0.186 e. The maximum atomic E-state index is 10.6. The van der Waals surface area contributed by atoms with Crippen molar-refractivity contribution in [1.29, 1.82) is 0 Å². The molecule has 0 aliphatic heterocycles. The number of carbonyl (C=O) groups is 1. The Kier molecular flexibility index (Phi) is 4.40. The number of aryl methyl sites for hydroxylation is 1. The van der Waals surface area contributed by atoms with Crippen LogP contribution in [0.5, 0.6) is 0 Å². The Hall–Kier alpha value is -1.09. The average Bonchev–Trinajstić information content (AvgIpc) is 2.15. The molecule has 1 aromatic heterocycles. The lowest BCUT2D eigenvalue weighted by Gasteiger charge is -1.97. The SMILES string of the molecule is CC(=O)SCC=Cc1ccncc1C. The van der Waals surface area contributed by atoms with Gasteiger partial charge in [0.2, 0.25) is 0 Å². The zero-order valence-corrected chi connectivity index (χ0v) is 9.17. The predicted molar refractivity (Wildman–Crippen MR) is 61.1 cm³/mol. The molecular weight excluding hydrogens is 194 g/mol. The molecular formula is C11H13NOS. The van der Waals surface area contributed by atoms with Crippen molar-refractivity contribution in [2.45, 2.75) is 13.8 Å². The zero-order chi connectivity index (χ0) is 10.4. The van der Waals surface area contributed by atoms with E-state index in [1.54, 1.807) is 13.1 Å². The molecule has 1 aromatic rings. The molecule has 0 amide bonds. The fourth-order valence-corrected chi connectivity index (χ4v) is 1.44. The second-order valence-electron chi connectivity index (χ2n) is 2.94. The first-order chi connectivity index (χ1) is 6.70. The minimum Gasteiger partial charge on any atom is -0.288 e. The average molecular weight is 207 g/mol. The van der Waals surface area contributed by atoms with E-state index < -0.39 is 0 Å². The first-order valence-electron chi connectivity index (χ1n) is 4.40. The van der Waals surface area contributed by atoms with Gasteiger partial charge in [0.25, 0.3) is 0 Å². The van der Waals surface area contributed by atoms with Gasteiger partial charge in [0, 0.05) is 25.1 Å². The number of hydrogen-bond acceptors (Lipinski definition) is 3. The van der Waals surface area contributed by atoms with Crippen molar-refractivity contribution in [2.75, 3.05) is 5.75 Å². The third-order valence-electron chi connectivity index (χ3n) is 1.74. The molecule has 3 heteroatoms. The van der Waals surface area contributed by atoms with Crippen molar-refractivity contribution < 1.29 is 4.79 Å². The Labute approximate surface area is 88.4 Å². The van der Waals surface area contributed by atoms with E-state index in [-0.39, 0.29) is 5.12 Å². The quantitative estimate of drug-likeness (QED) is 0.763. The van der Waals surface area contributed by atoms with Gasteiger partial charge in [0.1, 0.15) is 0 Å². The van der Waals surface area contributed by atoms with Gasteiger partial charge < -0.3 is 0 Å². The van der Waals surface area contributed by atoms with E-state index in [1.165, 1.54) is 11.8 Å². The number of rotatable bonds is 3. The molecule has 0 fully saturated rings. The fourth-order valence-electron chi connectivity index (χ4n) is 1.01. The summed E-state index contributed by atoms with van der Waals surface area (Å²) in [5, 5.41) is 0.154. The Morgan fingerprint density at radius 1 is 1.64 bits per heavy atom. The molecule has 0 N–H and O–H groups in total.